The molecule has 0 aromatic heterocycles. The lowest BCUT2D eigenvalue weighted by Crippen LogP contribution is -2.38. The standard InChI is InChI=1S/C24H34N2O4/c1-6-26(7-2)21(19-9-8-10-20(16-19)28-3)17-25-24(27)14-12-18-11-13-22(29-4)23(15-18)30-5/h8-11,13,15-16,21H,6-7,12,14,17H2,1-5H3,(H,25,27). The van der Waals surface area contributed by atoms with E-state index < -0.39 is 0 Å². The van der Waals surface area contributed by atoms with E-state index in [1.165, 1.54) is 0 Å². The minimum absolute atomic E-state index is 0.0323. The van der Waals surface area contributed by atoms with E-state index in [1.54, 1.807) is 21.3 Å². The number of hydrogen-bond donors (Lipinski definition) is 1. The number of amides is 1. The summed E-state index contributed by atoms with van der Waals surface area (Å²) < 4.78 is 16.0. The average molecular weight is 415 g/mol. The molecular weight excluding hydrogens is 380 g/mol. The quantitative estimate of drug-likeness (QED) is 0.572. The lowest BCUT2D eigenvalue weighted by Gasteiger charge is -2.30. The van der Waals surface area contributed by atoms with Crippen molar-refractivity contribution in [3.05, 3.63) is 53.6 Å². The highest BCUT2D eigenvalue weighted by Crippen LogP contribution is 2.28. The molecule has 0 aliphatic carbocycles. The molecule has 0 spiro atoms. The summed E-state index contributed by atoms with van der Waals surface area (Å²) in [5.41, 5.74) is 2.18. The van der Waals surface area contributed by atoms with Gasteiger partial charge in [0.1, 0.15) is 5.75 Å². The third-order valence-corrected chi connectivity index (χ3v) is 5.31. The van der Waals surface area contributed by atoms with Crippen molar-refractivity contribution in [2.24, 2.45) is 0 Å². The van der Waals surface area contributed by atoms with E-state index in [0.717, 1.165) is 30.0 Å². The first-order valence-electron chi connectivity index (χ1n) is 10.4. The summed E-state index contributed by atoms with van der Waals surface area (Å²) in [6.45, 7) is 6.63. The Morgan fingerprint density at radius 1 is 0.967 bits per heavy atom. The van der Waals surface area contributed by atoms with Gasteiger partial charge in [0, 0.05) is 13.0 Å². The maximum atomic E-state index is 12.5. The lowest BCUT2D eigenvalue weighted by molar-refractivity contribution is -0.121. The summed E-state index contributed by atoms with van der Waals surface area (Å²) in [6, 6.07) is 13.9. The largest absolute Gasteiger partial charge is 0.497 e. The van der Waals surface area contributed by atoms with Crippen molar-refractivity contribution in [2.75, 3.05) is 41.0 Å². The van der Waals surface area contributed by atoms with Crippen LogP contribution in [0.5, 0.6) is 17.2 Å². The molecular formula is C24H34N2O4. The number of aryl methyl sites for hydroxylation is 1. The van der Waals surface area contributed by atoms with Crippen LogP contribution in [0.3, 0.4) is 0 Å². The molecule has 2 aromatic carbocycles. The van der Waals surface area contributed by atoms with Crippen LogP contribution in [0, 0.1) is 0 Å². The Bertz CT molecular complexity index is 806. The molecule has 30 heavy (non-hydrogen) atoms. The monoisotopic (exact) mass is 414 g/mol. The summed E-state index contributed by atoms with van der Waals surface area (Å²) in [7, 11) is 4.89. The Kier molecular flexibility index (Phi) is 9.48. The minimum atomic E-state index is 0.0323. The number of nitrogens with zero attached hydrogens (tertiary/aromatic N) is 1. The number of methoxy groups -OCH3 is 3. The third kappa shape index (κ3) is 6.39. The average Bonchev–Trinajstić information content (AvgIpc) is 2.80. The van der Waals surface area contributed by atoms with Crippen molar-refractivity contribution in [2.45, 2.75) is 32.7 Å². The van der Waals surface area contributed by atoms with Crippen LogP contribution in [-0.4, -0.2) is 51.8 Å². The van der Waals surface area contributed by atoms with Gasteiger partial charge in [-0.1, -0.05) is 32.0 Å². The van der Waals surface area contributed by atoms with Gasteiger partial charge in [-0.05, 0) is 54.9 Å². The van der Waals surface area contributed by atoms with Gasteiger partial charge >= 0.3 is 0 Å². The second-order valence-electron chi connectivity index (χ2n) is 7.01. The molecule has 0 fully saturated rings. The second kappa shape index (κ2) is 12.1. The summed E-state index contributed by atoms with van der Waals surface area (Å²) in [4.78, 5) is 14.9. The predicted molar refractivity (Wildman–Crippen MR) is 120 cm³/mol. The lowest BCUT2D eigenvalue weighted by atomic mass is 10.0. The molecule has 2 aromatic rings. The van der Waals surface area contributed by atoms with Gasteiger partial charge in [0.2, 0.25) is 5.91 Å². The van der Waals surface area contributed by atoms with Gasteiger partial charge in [-0.15, -0.1) is 0 Å². The number of rotatable bonds is 12. The summed E-state index contributed by atoms with van der Waals surface area (Å²) >= 11 is 0. The van der Waals surface area contributed by atoms with Crippen molar-refractivity contribution in [1.82, 2.24) is 10.2 Å². The van der Waals surface area contributed by atoms with E-state index in [4.69, 9.17) is 14.2 Å². The zero-order chi connectivity index (χ0) is 21.9. The molecule has 0 saturated carbocycles. The smallest absolute Gasteiger partial charge is 0.220 e. The highest BCUT2D eigenvalue weighted by Gasteiger charge is 2.19. The maximum Gasteiger partial charge on any atom is 0.220 e. The van der Waals surface area contributed by atoms with Crippen LogP contribution in [0.2, 0.25) is 0 Å². The van der Waals surface area contributed by atoms with Gasteiger partial charge in [0.15, 0.2) is 11.5 Å². The summed E-state index contributed by atoms with van der Waals surface area (Å²) in [6.07, 6.45) is 1.06. The molecule has 1 amide bonds. The zero-order valence-electron chi connectivity index (χ0n) is 18.7. The van der Waals surface area contributed by atoms with Crippen LogP contribution in [-0.2, 0) is 11.2 Å². The van der Waals surface area contributed by atoms with Gasteiger partial charge in [0.25, 0.3) is 0 Å². The van der Waals surface area contributed by atoms with Gasteiger partial charge in [0.05, 0.1) is 27.4 Å². The van der Waals surface area contributed by atoms with Crippen LogP contribution >= 0.6 is 0 Å². The van der Waals surface area contributed by atoms with E-state index in [0.29, 0.717) is 30.9 Å². The van der Waals surface area contributed by atoms with Crippen LogP contribution in [0.1, 0.15) is 37.4 Å². The topological polar surface area (TPSA) is 60.0 Å². The molecule has 6 nitrogen and oxygen atoms in total. The zero-order valence-corrected chi connectivity index (χ0v) is 18.7. The van der Waals surface area contributed by atoms with Crippen molar-refractivity contribution in [1.29, 1.82) is 0 Å². The molecule has 1 N–H and O–H groups in total. The Morgan fingerprint density at radius 2 is 1.70 bits per heavy atom. The van der Waals surface area contributed by atoms with Gasteiger partial charge in [-0.2, -0.15) is 0 Å². The number of benzene rings is 2. The van der Waals surface area contributed by atoms with Crippen molar-refractivity contribution in [3.63, 3.8) is 0 Å². The van der Waals surface area contributed by atoms with Gasteiger partial charge in [-0.3, -0.25) is 9.69 Å². The number of carbonyl (C=O) groups is 1. The van der Waals surface area contributed by atoms with E-state index in [1.807, 2.05) is 36.4 Å². The van der Waals surface area contributed by atoms with Crippen molar-refractivity contribution in [3.8, 4) is 17.2 Å². The highest BCUT2D eigenvalue weighted by molar-refractivity contribution is 5.76. The molecule has 0 bridgehead atoms. The molecule has 1 unspecified atom stereocenters. The number of nitrogens with one attached hydrogen (secondary N) is 1. The molecule has 0 heterocycles. The Labute approximate surface area is 180 Å². The van der Waals surface area contributed by atoms with Crippen LogP contribution < -0.4 is 19.5 Å². The fraction of sp³-hybridized carbons (Fsp3) is 0.458. The van der Waals surface area contributed by atoms with Crippen LogP contribution in [0.4, 0.5) is 0 Å². The molecule has 0 saturated heterocycles. The number of hydrogen-bond acceptors (Lipinski definition) is 5. The molecule has 0 aliphatic rings. The number of likely N-dealkylation sites (N-methyl/N-ethyl adjacent to an activating group) is 1. The van der Waals surface area contributed by atoms with E-state index >= 15 is 0 Å². The molecule has 6 heteroatoms. The van der Waals surface area contributed by atoms with Crippen LogP contribution in [0.25, 0.3) is 0 Å². The highest BCUT2D eigenvalue weighted by atomic mass is 16.5. The SMILES string of the molecule is CCN(CC)C(CNC(=O)CCc1ccc(OC)c(OC)c1)c1cccc(OC)c1. The van der Waals surface area contributed by atoms with Crippen molar-refractivity contribution >= 4 is 5.91 Å². The van der Waals surface area contributed by atoms with Crippen LogP contribution in [0.15, 0.2) is 42.5 Å². The van der Waals surface area contributed by atoms with Gasteiger partial charge in [-0.25, -0.2) is 0 Å². The van der Waals surface area contributed by atoms with E-state index in [2.05, 4.69) is 30.1 Å². The molecule has 164 valence electrons. The van der Waals surface area contributed by atoms with Crippen molar-refractivity contribution < 1.29 is 19.0 Å². The van der Waals surface area contributed by atoms with E-state index in [9.17, 15) is 4.79 Å². The molecule has 1 atom stereocenters. The minimum Gasteiger partial charge on any atom is -0.497 e. The first-order valence-corrected chi connectivity index (χ1v) is 10.4. The second-order valence-corrected chi connectivity index (χ2v) is 7.01. The van der Waals surface area contributed by atoms with E-state index in [-0.39, 0.29) is 11.9 Å². The molecule has 2 rings (SSSR count). The Hall–Kier alpha value is -2.73. The maximum absolute atomic E-state index is 12.5. The first kappa shape index (κ1) is 23.5. The summed E-state index contributed by atoms with van der Waals surface area (Å²) in [5.74, 6) is 2.22. The molecule has 0 radical (unpaired) electrons. The predicted octanol–water partition coefficient (Wildman–Crippen LogP) is 3.84. The Balaban J connectivity index is 2.00. The summed E-state index contributed by atoms with van der Waals surface area (Å²) in [5, 5.41) is 3.11. The fourth-order valence-electron chi connectivity index (χ4n) is 3.56. The number of ether oxygens (including phenoxy) is 3. The fourth-order valence-corrected chi connectivity index (χ4v) is 3.56. The molecule has 0 aliphatic heterocycles. The normalized spacial score (nSPS) is 11.8. The third-order valence-electron chi connectivity index (χ3n) is 5.31. The number of carbonyl (C=O) groups excluding carboxylic acids is 1. The van der Waals surface area contributed by atoms with Gasteiger partial charge < -0.3 is 19.5 Å². The Morgan fingerprint density at radius 3 is 2.33 bits per heavy atom. The first-order chi connectivity index (χ1) is 14.6.